The van der Waals surface area contributed by atoms with Crippen molar-refractivity contribution in [3.63, 3.8) is 0 Å². The van der Waals surface area contributed by atoms with Crippen molar-refractivity contribution in [2.24, 2.45) is 0 Å². The standard InChI is InChI=1S/C18H18N4O/c1-12-9-13(2)16(14(3)10-12)22-11-19-18(21-22)20-17(23)15-7-5-4-6-8-15/h4-11H,1-3H3,(H,20,21,23). The summed E-state index contributed by atoms with van der Waals surface area (Å²) in [5.74, 6) is 0.0685. The van der Waals surface area contributed by atoms with Crippen LogP contribution in [0.1, 0.15) is 27.0 Å². The van der Waals surface area contributed by atoms with E-state index in [9.17, 15) is 4.79 Å². The van der Waals surface area contributed by atoms with Crippen LogP contribution >= 0.6 is 0 Å². The van der Waals surface area contributed by atoms with E-state index in [4.69, 9.17) is 0 Å². The molecule has 5 nitrogen and oxygen atoms in total. The van der Waals surface area contributed by atoms with Gasteiger partial charge in [0, 0.05) is 5.56 Å². The number of hydrogen-bond donors (Lipinski definition) is 1. The minimum absolute atomic E-state index is 0.222. The van der Waals surface area contributed by atoms with Gasteiger partial charge in [-0.15, -0.1) is 5.10 Å². The lowest BCUT2D eigenvalue weighted by molar-refractivity contribution is 0.102. The van der Waals surface area contributed by atoms with Gasteiger partial charge in [0.2, 0.25) is 5.95 Å². The minimum Gasteiger partial charge on any atom is -0.289 e. The van der Waals surface area contributed by atoms with E-state index >= 15 is 0 Å². The van der Waals surface area contributed by atoms with Crippen LogP contribution in [-0.4, -0.2) is 20.7 Å². The van der Waals surface area contributed by atoms with E-state index < -0.39 is 0 Å². The van der Waals surface area contributed by atoms with Crippen LogP contribution in [0.5, 0.6) is 0 Å². The number of hydrogen-bond acceptors (Lipinski definition) is 3. The number of amides is 1. The topological polar surface area (TPSA) is 59.8 Å². The molecule has 1 aromatic heterocycles. The van der Waals surface area contributed by atoms with Crippen molar-refractivity contribution in [2.45, 2.75) is 20.8 Å². The van der Waals surface area contributed by atoms with Crippen LogP contribution in [0.15, 0.2) is 48.8 Å². The molecule has 0 saturated heterocycles. The largest absolute Gasteiger partial charge is 0.289 e. The zero-order chi connectivity index (χ0) is 16.4. The Labute approximate surface area is 135 Å². The average Bonchev–Trinajstić information content (AvgIpc) is 2.95. The molecule has 2 aromatic carbocycles. The number of rotatable bonds is 3. The van der Waals surface area contributed by atoms with Gasteiger partial charge in [0.15, 0.2) is 0 Å². The first-order valence-corrected chi connectivity index (χ1v) is 7.41. The first-order valence-electron chi connectivity index (χ1n) is 7.41. The van der Waals surface area contributed by atoms with Crippen molar-refractivity contribution in [1.82, 2.24) is 14.8 Å². The van der Waals surface area contributed by atoms with E-state index in [1.54, 1.807) is 23.1 Å². The van der Waals surface area contributed by atoms with Crippen LogP contribution in [0, 0.1) is 20.8 Å². The Hall–Kier alpha value is -2.95. The van der Waals surface area contributed by atoms with Gasteiger partial charge in [-0.05, 0) is 44.0 Å². The summed E-state index contributed by atoms with van der Waals surface area (Å²) in [6, 6.07) is 13.2. The molecule has 0 bridgehead atoms. The maximum atomic E-state index is 12.1. The Morgan fingerprint density at radius 3 is 2.35 bits per heavy atom. The summed E-state index contributed by atoms with van der Waals surface area (Å²) < 4.78 is 1.70. The van der Waals surface area contributed by atoms with Crippen LogP contribution in [0.3, 0.4) is 0 Å². The van der Waals surface area contributed by atoms with Crippen molar-refractivity contribution < 1.29 is 4.79 Å². The quantitative estimate of drug-likeness (QED) is 0.806. The molecule has 23 heavy (non-hydrogen) atoms. The number of aryl methyl sites for hydroxylation is 3. The molecule has 3 aromatic rings. The molecule has 0 spiro atoms. The Balaban J connectivity index is 1.86. The van der Waals surface area contributed by atoms with Crippen molar-refractivity contribution >= 4 is 11.9 Å². The van der Waals surface area contributed by atoms with Gasteiger partial charge in [-0.3, -0.25) is 10.1 Å². The second-order valence-electron chi connectivity index (χ2n) is 5.58. The maximum absolute atomic E-state index is 12.1. The molecule has 1 heterocycles. The van der Waals surface area contributed by atoms with Gasteiger partial charge in [0.25, 0.3) is 5.91 Å². The van der Waals surface area contributed by atoms with Crippen molar-refractivity contribution in [1.29, 1.82) is 0 Å². The zero-order valence-electron chi connectivity index (χ0n) is 13.4. The number of aromatic nitrogens is 3. The molecule has 1 amide bonds. The molecule has 0 fully saturated rings. The molecule has 0 aliphatic heterocycles. The molecule has 0 atom stereocenters. The molecule has 0 saturated carbocycles. The molecule has 0 unspecified atom stereocenters. The third-order valence-electron chi connectivity index (χ3n) is 3.62. The lowest BCUT2D eigenvalue weighted by Crippen LogP contribution is -2.13. The summed E-state index contributed by atoms with van der Waals surface area (Å²) in [7, 11) is 0. The molecule has 5 heteroatoms. The first-order chi connectivity index (χ1) is 11.0. The van der Waals surface area contributed by atoms with E-state index in [2.05, 4.69) is 34.5 Å². The Bertz CT molecular complexity index is 829. The van der Waals surface area contributed by atoms with Crippen LogP contribution in [0.4, 0.5) is 5.95 Å². The highest BCUT2D eigenvalue weighted by Crippen LogP contribution is 2.20. The van der Waals surface area contributed by atoms with Gasteiger partial charge in [-0.2, -0.15) is 4.98 Å². The van der Waals surface area contributed by atoms with Crippen LogP contribution in [-0.2, 0) is 0 Å². The summed E-state index contributed by atoms with van der Waals surface area (Å²) in [5.41, 5.74) is 5.01. The van der Waals surface area contributed by atoms with Gasteiger partial charge < -0.3 is 0 Å². The summed E-state index contributed by atoms with van der Waals surface area (Å²) in [6.07, 6.45) is 1.62. The summed E-state index contributed by atoms with van der Waals surface area (Å²) >= 11 is 0. The van der Waals surface area contributed by atoms with Gasteiger partial charge in [-0.25, -0.2) is 4.68 Å². The smallest absolute Gasteiger partial charge is 0.258 e. The molecule has 0 aliphatic rings. The SMILES string of the molecule is Cc1cc(C)c(-n2cnc(NC(=O)c3ccccc3)n2)c(C)c1. The molecular formula is C18H18N4O. The van der Waals surface area contributed by atoms with E-state index in [-0.39, 0.29) is 5.91 Å². The van der Waals surface area contributed by atoms with Gasteiger partial charge >= 0.3 is 0 Å². The average molecular weight is 306 g/mol. The molecule has 0 radical (unpaired) electrons. The second kappa shape index (κ2) is 6.04. The molecule has 116 valence electrons. The molecule has 3 rings (SSSR count). The summed E-state index contributed by atoms with van der Waals surface area (Å²) in [5, 5.41) is 7.09. The fourth-order valence-electron chi connectivity index (χ4n) is 2.73. The van der Waals surface area contributed by atoms with Gasteiger partial charge in [0.1, 0.15) is 6.33 Å². The maximum Gasteiger partial charge on any atom is 0.258 e. The monoisotopic (exact) mass is 306 g/mol. The van der Waals surface area contributed by atoms with Crippen LogP contribution in [0.2, 0.25) is 0 Å². The lowest BCUT2D eigenvalue weighted by atomic mass is 10.1. The van der Waals surface area contributed by atoms with Crippen LogP contribution in [0.25, 0.3) is 5.69 Å². The number of anilines is 1. The lowest BCUT2D eigenvalue weighted by Gasteiger charge is -2.10. The van der Waals surface area contributed by atoms with Crippen molar-refractivity contribution in [2.75, 3.05) is 5.32 Å². The highest BCUT2D eigenvalue weighted by atomic mass is 16.1. The van der Waals surface area contributed by atoms with E-state index in [1.807, 2.05) is 32.0 Å². The first kappa shape index (κ1) is 15.0. The van der Waals surface area contributed by atoms with Crippen LogP contribution < -0.4 is 5.32 Å². The number of carbonyl (C=O) groups is 1. The normalized spacial score (nSPS) is 10.6. The van der Waals surface area contributed by atoms with Gasteiger partial charge in [-0.1, -0.05) is 35.9 Å². The number of carbonyl (C=O) groups excluding carboxylic acids is 1. The fourth-order valence-corrected chi connectivity index (χ4v) is 2.73. The third kappa shape index (κ3) is 3.13. The Morgan fingerprint density at radius 2 is 1.70 bits per heavy atom. The fraction of sp³-hybridized carbons (Fsp3) is 0.167. The molecule has 0 aliphatic carbocycles. The Morgan fingerprint density at radius 1 is 1.04 bits per heavy atom. The van der Waals surface area contributed by atoms with Gasteiger partial charge in [0.05, 0.1) is 5.69 Å². The second-order valence-corrected chi connectivity index (χ2v) is 5.58. The highest BCUT2D eigenvalue weighted by Gasteiger charge is 2.12. The van der Waals surface area contributed by atoms with E-state index in [0.717, 1.165) is 16.8 Å². The number of benzene rings is 2. The van der Waals surface area contributed by atoms with Crippen molar-refractivity contribution in [3.8, 4) is 5.69 Å². The zero-order valence-corrected chi connectivity index (χ0v) is 13.4. The molecule has 1 N–H and O–H groups in total. The minimum atomic E-state index is -0.222. The number of nitrogens with one attached hydrogen (secondary N) is 1. The van der Waals surface area contributed by atoms with E-state index in [1.165, 1.54) is 5.56 Å². The molecular weight excluding hydrogens is 288 g/mol. The summed E-state index contributed by atoms with van der Waals surface area (Å²) in [6.45, 7) is 6.15. The number of nitrogens with zero attached hydrogens (tertiary/aromatic N) is 3. The van der Waals surface area contributed by atoms with E-state index in [0.29, 0.717) is 11.5 Å². The van der Waals surface area contributed by atoms with Crippen molar-refractivity contribution in [3.05, 3.63) is 71.0 Å². The Kier molecular flexibility index (Phi) is 3.93. The third-order valence-corrected chi connectivity index (χ3v) is 3.62. The highest BCUT2D eigenvalue weighted by molar-refractivity contribution is 6.03. The predicted molar refractivity (Wildman–Crippen MR) is 90.0 cm³/mol. The summed E-state index contributed by atoms with van der Waals surface area (Å²) in [4.78, 5) is 16.3. The predicted octanol–water partition coefficient (Wildman–Crippen LogP) is 3.44.